The predicted octanol–water partition coefficient (Wildman–Crippen LogP) is 0.480. The minimum absolute atomic E-state index is 0.464. The molecule has 2 aromatic rings. The maximum absolute atomic E-state index is 11.0. The number of nitrogens with zero attached hydrogens (tertiary/aromatic N) is 3. The van der Waals surface area contributed by atoms with E-state index < -0.39 is 5.69 Å². The summed E-state index contributed by atoms with van der Waals surface area (Å²) < 4.78 is 0. The first-order valence-corrected chi connectivity index (χ1v) is 4.83. The molecule has 0 atom stereocenters. The van der Waals surface area contributed by atoms with E-state index in [0.29, 0.717) is 18.1 Å². The minimum atomic E-state index is -0.464. The number of hydrogen-bond acceptors (Lipinski definition) is 5. The quantitative estimate of drug-likeness (QED) is 0.781. The molecule has 2 N–H and O–H groups in total. The average molecular weight is 217 g/mol. The van der Waals surface area contributed by atoms with Gasteiger partial charge in [-0.05, 0) is 19.1 Å². The lowest BCUT2D eigenvalue weighted by molar-refractivity contribution is 0.871. The molecular weight excluding hydrogens is 206 g/mol. The molecule has 0 bridgehead atoms. The van der Waals surface area contributed by atoms with E-state index in [2.05, 4.69) is 25.5 Å². The lowest BCUT2D eigenvalue weighted by Crippen LogP contribution is -2.17. The fourth-order valence-corrected chi connectivity index (χ4v) is 1.24. The van der Waals surface area contributed by atoms with Crippen LogP contribution in [0.4, 0.5) is 5.82 Å². The zero-order valence-corrected chi connectivity index (χ0v) is 8.77. The Balaban J connectivity index is 2.10. The SMILES string of the molecule is Cc1n[nH]c(=O)nc1NCc1ccccn1. The Morgan fingerprint density at radius 2 is 2.31 bits per heavy atom. The minimum Gasteiger partial charge on any atom is -0.363 e. The summed E-state index contributed by atoms with van der Waals surface area (Å²) in [5.74, 6) is 0.481. The van der Waals surface area contributed by atoms with Crippen LogP contribution in [0.25, 0.3) is 0 Å². The number of aryl methyl sites for hydroxylation is 1. The Labute approximate surface area is 91.8 Å². The second-order valence-electron chi connectivity index (χ2n) is 3.25. The van der Waals surface area contributed by atoms with Crippen molar-refractivity contribution in [3.05, 3.63) is 46.3 Å². The molecule has 0 saturated carbocycles. The topological polar surface area (TPSA) is 83.6 Å². The van der Waals surface area contributed by atoms with Gasteiger partial charge >= 0.3 is 5.69 Å². The highest BCUT2D eigenvalue weighted by Crippen LogP contribution is 2.05. The number of rotatable bonds is 3. The van der Waals surface area contributed by atoms with E-state index in [9.17, 15) is 4.79 Å². The summed E-state index contributed by atoms with van der Waals surface area (Å²) in [4.78, 5) is 18.9. The van der Waals surface area contributed by atoms with E-state index in [-0.39, 0.29) is 0 Å². The van der Waals surface area contributed by atoms with Crippen LogP contribution < -0.4 is 11.0 Å². The van der Waals surface area contributed by atoms with Gasteiger partial charge in [0.2, 0.25) is 0 Å². The number of H-pyrrole nitrogens is 1. The molecule has 0 saturated heterocycles. The van der Waals surface area contributed by atoms with Crippen molar-refractivity contribution >= 4 is 5.82 Å². The third-order valence-corrected chi connectivity index (χ3v) is 2.04. The number of pyridine rings is 1. The first kappa shape index (κ1) is 10.3. The fourth-order valence-electron chi connectivity index (χ4n) is 1.24. The summed E-state index contributed by atoms with van der Waals surface area (Å²) in [6.07, 6.45) is 1.72. The second kappa shape index (κ2) is 4.52. The van der Waals surface area contributed by atoms with Gasteiger partial charge in [0.05, 0.1) is 12.2 Å². The van der Waals surface area contributed by atoms with Crippen LogP contribution in [0, 0.1) is 6.92 Å². The zero-order chi connectivity index (χ0) is 11.4. The third kappa shape index (κ3) is 2.41. The number of nitrogens with one attached hydrogen (secondary N) is 2. The van der Waals surface area contributed by atoms with E-state index in [1.54, 1.807) is 13.1 Å². The maximum Gasteiger partial charge on any atom is 0.363 e. The van der Waals surface area contributed by atoms with E-state index in [1.807, 2.05) is 18.2 Å². The molecular formula is C10H11N5O. The lowest BCUT2D eigenvalue weighted by Gasteiger charge is -2.05. The van der Waals surface area contributed by atoms with Crippen LogP contribution in [0.5, 0.6) is 0 Å². The Morgan fingerprint density at radius 3 is 3.06 bits per heavy atom. The van der Waals surface area contributed by atoms with Crippen LogP contribution in [0.3, 0.4) is 0 Å². The third-order valence-electron chi connectivity index (χ3n) is 2.04. The van der Waals surface area contributed by atoms with Gasteiger partial charge in [-0.3, -0.25) is 4.98 Å². The average Bonchev–Trinajstić information content (AvgIpc) is 2.32. The summed E-state index contributed by atoms with van der Waals surface area (Å²) in [6.45, 7) is 2.28. The Hall–Kier alpha value is -2.24. The van der Waals surface area contributed by atoms with Gasteiger partial charge in [0.1, 0.15) is 5.69 Å². The van der Waals surface area contributed by atoms with E-state index in [4.69, 9.17) is 0 Å². The number of aromatic amines is 1. The normalized spacial score (nSPS) is 10.1. The van der Waals surface area contributed by atoms with Crippen LogP contribution in [0.15, 0.2) is 29.2 Å². The van der Waals surface area contributed by atoms with Crippen LogP contribution in [-0.2, 0) is 6.54 Å². The first-order valence-electron chi connectivity index (χ1n) is 4.83. The molecule has 0 amide bonds. The van der Waals surface area contributed by atoms with Crippen molar-refractivity contribution in [2.24, 2.45) is 0 Å². The van der Waals surface area contributed by atoms with Gasteiger partial charge in [-0.15, -0.1) is 0 Å². The zero-order valence-electron chi connectivity index (χ0n) is 8.77. The van der Waals surface area contributed by atoms with Crippen LogP contribution in [0.2, 0.25) is 0 Å². The monoisotopic (exact) mass is 217 g/mol. The summed E-state index contributed by atoms with van der Waals surface area (Å²) in [5.41, 5.74) is 1.06. The second-order valence-corrected chi connectivity index (χ2v) is 3.25. The molecule has 6 heteroatoms. The molecule has 2 aromatic heterocycles. The van der Waals surface area contributed by atoms with Crippen molar-refractivity contribution in [2.45, 2.75) is 13.5 Å². The smallest absolute Gasteiger partial charge is 0.363 e. The molecule has 2 heterocycles. The van der Waals surface area contributed by atoms with Crippen LogP contribution >= 0.6 is 0 Å². The summed E-state index contributed by atoms with van der Waals surface area (Å²) in [5, 5.41) is 9.09. The highest BCUT2D eigenvalue weighted by molar-refractivity contribution is 5.37. The van der Waals surface area contributed by atoms with Crippen molar-refractivity contribution in [1.82, 2.24) is 20.2 Å². The Morgan fingerprint density at radius 1 is 1.44 bits per heavy atom. The standard InChI is InChI=1S/C10H11N5O/c1-7-9(13-10(16)15-14-7)12-6-8-4-2-3-5-11-8/h2-5H,6H2,1H3,(H2,12,13,15,16). The lowest BCUT2D eigenvalue weighted by atomic mass is 10.3. The number of hydrogen-bond donors (Lipinski definition) is 2. The van der Waals surface area contributed by atoms with Gasteiger partial charge in [-0.1, -0.05) is 6.07 Å². The van der Waals surface area contributed by atoms with E-state index in [1.165, 1.54) is 0 Å². The summed E-state index contributed by atoms with van der Waals surface area (Å²) >= 11 is 0. The molecule has 6 nitrogen and oxygen atoms in total. The fraction of sp³-hybridized carbons (Fsp3) is 0.200. The molecule has 82 valence electrons. The van der Waals surface area contributed by atoms with Gasteiger partial charge in [-0.25, -0.2) is 9.89 Å². The van der Waals surface area contributed by atoms with Crippen LogP contribution in [0.1, 0.15) is 11.4 Å². The summed E-state index contributed by atoms with van der Waals surface area (Å²) in [6, 6.07) is 5.64. The largest absolute Gasteiger partial charge is 0.363 e. The Kier molecular flexibility index (Phi) is 2.90. The van der Waals surface area contributed by atoms with Gasteiger partial charge < -0.3 is 5.32 Å². The van der Waals surface area contributed by atoms with E-state index in [0.717, 1.165) is 5.69 Å². The molecule has 16 heavy (non-hydrogen) atoms. The van der Waals surface area contributed by atoms with Crippen molar-refractivity contribution in [3.63, 3.8) is 0 Å². The van der Waals surface area contributed by atoms with Gasteiger partial charge in [0.25, 0.3) is 0 Å². The highest BCUT2D eigenvalue weighted by atomic mass is 16.1. The van der Waals surface area contributed by atoms with Crippen molar-refractivity contribution in [3.8, 4) is 0 Å². The predicted molar refractivity (Wildman–Crippen MR) is 59.0 cm³/mol. The molecule has 0 fully saturated rings. The molecule has 0 radical (unpaired) electrons. The van der Waals surface area contributed by atoms with Gasteiger partial charge in [0, 0.05) is 6.20 Å². The molecule has 0 spiro atoms. The van der Waals surface area contributed by atoms with Crippen molar-refractivity contribution in [2.75, 3.05) is 5.32 Å². The van der Waals surface area contributed by atoms with Gasteiger partial charge in [0.15, 0.2) is 5.82 Å². The van der Waals surface area contributed by atoms with E-state index >= 15 is 0 Å². The maximum atomic E-state index is 11.0. The molecule has 2 rings (SSSR count). The molecule has 0 aliphatic carbocycles. The molecule has 0 aromatic carbocycles. The highest BCUT2D eigenvalue weighted by Gasteiger charge is 2.02. The van der Waals surface area contributed by atoms with Gasteiger partial charge in [-0.2, -0.15) is 10.1 Å². The molecule has 0 aliphatic rings. The molecule has 0 aliphatic heterocycles. The summed E-state index contributed by atoms with van der Waals surface area (Å²) in [7, 11) is 0. The number of anilines is 1. The molecule has 0 unspecified atom stereocenters. The Bertz CT molecular complexity index is 522. The first-order chi connectivity index (χ1) is 7.75. The van der Waals surface area contributed by atoms with Crippen molar-refractivity contribution < 1.29 is 0 Å². The number of aromatic nitrogens is 4. The van der Waals surface area contributed by atoms with Crippen molar-refractivity contribution in [1.29, 1.82) is 0 Å². The van der Waals surface area contributed by atoms with Crippen LogP contribution in [-0.4, -0.2) is 20.2 Å².